The van der Waals surface area contributed by atoms with Crippen molar-refractivity contribution in [1.82, 2.24) is 14.9 Å². The Morgan fingerprint density at radius 2 is 1.82 bits per heavy atom. The summed E-state index contributed by atoms with van der Waals surface area (Å²) >= 11 is 0. The third-order valence-corrected chi connectivity index (χ3v) is 5.09. The zero-order chi connectivity index (χ0) is 20.1. The molecular weight excluding hydrogens is 352 g/mol. The standard InChI is InChI=1S/C22H30N4O2/c1-16(2)21-23-17(3)14-20(24-21)28-18(4)22(27)26-12-10-25(11-13-26)15-19-8-6-5-7-9-19/h5-9,14,16,18H,10-13,15H2,1-4H3/p+1/t18-/m1/s1. The van der Waals surface area contributed by atoms with Gasteiger partial charge in [0.2, 0.25) is 5.88 Å². The molecule has 2 aromatic rings. The fourth-order valence-electron chi connectivity index (χ4n) is 3.47. The number of amides is 1. The van der Waals surface area contributed by atoms with E-state index < -0.39 is 6.10 Å². The van der Waals surface area contributed by atoms with Gasteiger partial charge in [0.05, 0.1) is 26.2 Å². The maximum Gasteiger partial charge on any atom is 0.263 e. The van der Waals surface area contributed by atoms with Crippen LogP contribution in [-0.4, -0.2) is 53.1 Å². The van der Waals surface area contributed by atoms with Crippen molar-refractivity contribution in [2.24, 2.45) is 0 Å². The average Bonchev–Trinajstić information content (AvgIpc) is 2.68. The van der Waals surface area contributed by atoms with Gasteiger partial charge < -0.3 is 14.5 Å². The minimum absolute atomic E-state index is 0.0288. The molecule has 6 heteroatoms. The lowest BCUT2D eigenvalue weighted by molar-refractivity contribution is -0.917. The molecule has 0 aliphatic carbocycles. The normalized spacial score (nSPS) is 16.2. The zero-order valence-corrected chi connectivity index (χ0v) is 17.3. The molecule has 1 amide bonds. The number of rotatable bonds is 6. The van der Waals surface area contributed by atoms with E-state index in [-0.39, 0.29) is 11.8 Å². The number of benzene rings is 1. The molecule has 1 atom stereocenters. The topological polar surface area (TPSA) is 59.8 Å². The molecule has 28 heavy (non-hydrogen) atoms. The van der Waals surface area contributed by atoms with Crippen molar-refractivity contribution >= 4 is 5.91 Å². The molecule has 0 unspecified atom stereocenters. The van der Waals surface area contributed by atoms with Crippen LogP contribution in [0.5, 0.6) is 5.88 Å². The number of quaternary nitrogens is 1. The highest BCUT2D eigenvalue weighted by atomic mass is 16.5. The van der Waals surface area contributed by atoms with E-state index in [1.165, 1.54) is 10.5 Å². The summed E-state index contributed by atoms with van der Waals surface area (Å²) in [5.41, 5.74) is 2.19. The maximum absolute atomic E-state index is 12.8. The van der Waals surface area contributed by atoms with Gasteiger partial charge in [-0.05, 0) is 13.8 Å². The summed E-state index contributed by atoms with van der Waals surface area (Å²) in [7, 11) is 0. The summed E-state index contributed by atoms with van der Waals surface area (Å²) in [6, 6.07) is 12.3. The number of carbonyl (C=O) groups is 1. The first-order chi connectivity index (χ1) is 13.4. The summed E-state index contributed by atoms with van der Waals surface area (Å²) < 4.78 is 5.87. The van der Waals surface area contributed by atoms with Crippen molar-refractivity contribution < 1.29 is 14.4 Å². The second-order valence-corrected chi connectivity index (χ2v) is 7.86. The zero-order valence-electron chi connectivity index (χ0n) is 17.3. The Bertz CT molecular complexity index is 786. The van der Waals surface area contributed by atoms with E-state index in [0.717, 1.165) is 44.2 Å². The van der Waals surface area contributed by atoms with Crippen LogP contribution in [0.25, 0.3) is 0 Å². The Hall–Kier alpha value is -2.47. The lowest BCUT2D eigenvalue weighted by atomic mass is 10.2. The Morgan fingerprint density at radius 3 is 2.46 bits per heavy atom. The molecule has 0 radical (unpaired) electrons. The van der Waals surface area contributed by atoms with Gasteiger partial charge in [0.25, 0.3) is 5.91 Å². The lowest BCUT2D eigenvalue weighted by Gasteiger charge is -2.33. The molecule has 6 nitrogen and oxygen atoms in total. The van der Waals surface area contributed by atoms with Gasteiger partial charge >= 0.3 is 0 Å². The fraction of sp³-hybridized carbons (Fsp3) is 0.500. The Kier molecular flexibility index (Phi) is 6.62. The molecule has 0 saturated carbocycles. The molecule has 1 saturated heterocycles. The van der Waals surface area contributed by atoms with Crippen LogP contribution < -0.4 is 9.64 Å². The van der Waals surface area contributed by atoms with E-state index in [1.807, 2.05) is 31.7 Å². The van der Waals surface area contributed by atoms with E-state index in [4.69, 9.17) is 4.74 Å². The molecule has 1 aliphatic rings. The van der Waals surface area contributed by atoms with E-state index in [1.54, 1.807) is 13.0 Å². The van der Waals surface area contributed by atoms with E-state index in [9.17, 15) is 4.79 Å². The van der Waals surface area contributed by atoms with Crippen LogP contribution in [0.1, 0.15) is 43.8 Å². The summed E-state index contributed by atoms with van der Waals surface area (Å²) in [6.07, 6.45) is -0.551. The van der Waals surface area contributed by atoms with Crippen molar-refractivity contribution in [3.05, 3.63) is 53.5 Å². The van der Waals surface area contributed by atoms with Crippen molar-refractivity contribution in [3.8, 4) is 5.88 Å². The molecule has 0 spiro atoms. The number of piperazine rings is 1. The third-order valence-electron chi connectivity index (χ3n) is 5.09. The monoisotopic (exact) mass is 383 g/mol. The number of hydrogen-bond donors (Lipinski definition) is 1. The summed E-state index contributed by atoms with van der Waals surface area (Å²) in [6.45, 7) is 12.2. The highest BCUT2D eigenvalue weighted by molar-refractivity contribution is 5.80. The van der Waals surface area contributed by atoms with Gasteiger partial charge in [-0.25, -0.2) is 4.98 Å². The second-order valence-electron chi connectivity index (χ2n) is 7.86. The minimum atomic E-state index is -0.551. The molecule has 1 fully saturated rings. The number of nitrogens with one attached hydrogen (secondary N) is 1. The number of nitrogens with zero attached hydrogens (tertiary/aromatic N) is 3. The van der Waals surface area contributed by atoms with Crippen LogP contribution in [0.3, 0.4) is 0 Å². The number of carbonyl (C=O) groups excluding carboxylic acids is 1. The van der Waals surface area contributed by atoms with Gasteiger partial charge in [0.15, 0.2) is 6.10 Å². The van der Waals surface area contributed by atoms with Gasteiger partial charge in [0.1, 0.15) is 12.4 Å². The van der Waals surface area contributed by atoms with Crippen LogP contribution in [0.2, 0.25) is 0 Å². The average molecular weight is 384 g/mol. The van der Waals surface area contributed by atoms with Gasteiger partial charge in [-0.3, -0.25) is 4.79 Å². The van der Waals surface area contributed by atoms with E-state index in [2.05, 4.69) is 34.2 Å². The molecule has 150 valence electrons. The van der Waals surface area contributed by atoms with E-state index >= 15 is 0 Å². The predicted molar refractivity (Wildman–Crippen MR) is 108 cm³/mol. The Balaban J connectivity index is 1.53. The van der Waals surface area contributed by atoms with Gasteiger partial charge in [-0.15, -0.1) is 0 Å². The third kappa shape index (κ3) is 5.29. The molecule has 1 aliphatic heterocycles. The van der Waals surface area contributed by atoms with Crippen LogP contribution in [-0.2, 0) is 11.3 Å². The fourth-order valence-corrected chi connectivity index (χ4v) is 3.47. The van der Waals surface area contributed by atoms with Crippen LogP contribution >= 0.6 is 0 Å². The van der Waals surface area contributed by atoms with Crippen LogP contribution in [0, 0.1) is 6.92 Å². The lowest BCUT2D eigenvalue weighted by Crippen LogP contribution is -3.13. The molecule has 1 aromatic carbocycles. The van der Waals surface area contributed by atoms with Crippen molar-refractivity contribution in [2.45, 2.75) is 46.3 Å². The first-order valence-electron chi connectivity index (χ1n) is 10.1. The summed E-state index contributed by atoms with van der Waals surface area (Å²) in [5.74, 6) is 1.47. The predicted octanol–water partition coefficient (Wildman–Crippen LogP) is 1.60. The maximum atomic E-state index is 12.8. The summed E-state index contributed by atoms with van der Waals surface area (Å²) in [4.78, 5) is 25.1. The number of aromatic nitrogens is 2. The largest absolute Gasteiger partial charge is 0.464 e. The quantitative estimate of drug-likeness (QED) is 0.823. The second kappa shape index (κ2) is 9.15. The molecule has 0 bridgehead atoms. The Labute approximate surface area is 167 Å². The number of aryl methyl sites for hydroxylation is 1. The Morgan fingerprint density at radius 1 is 1.14 bits per heavy atom. The number of ether oxygens (including phenoxy) is 1. The van der Waals surface area contributed by atoms with E-state index in [0.29, 0.717) is 5.88 Å². The SMILES string of the molecule is Cc1cc(O[C@H](C)C(=O)N2CC[NH+](Cc3ccccc3)CC2)nc(C(C)C)n1. The molecule has 3 rings (SSSR count). The van der Waals surface area contributed by atoms with Gasteiger partial charge in [-0.1, -0.05) is 44.2 Å². The first-order valence-corrected chi connectivity index (χ1v) is 10.1. The van der Waals surface area contributed by atoms with Crippen LogP contribution in [0.15, 0.2) is 36.4 Å². The number of hydrogen-bond acceptors (Lipinski definition) is 4. The smallest absolute Gasteiger partial charge is 0.263 e. The van der Waals surface area contributed by atoms with Crippen molar-refractivity contribution in [2.75, 3.05) is 26.2 Å². The molecule has 2 heterocycles. The molecule has 1 N–H and O–H groups in total. The van der Waals surface area contributed by atoms with Crippen molar-refractivity contribution in [1.29, 1.82) is 0 Å². The highest BCUT2D eigenvalue weighted by Gasteiger charge is 2.28. The minimum Gasteiger partial charge on any atom is -0.464 e. The first kappa shape index (κ1) is 20.3. The van der Waals surface area contributed by atoms with Gasteiger partial charge in [0, 0.05) is 23.2 Å². The summed E-state index contributed by atoms with van der Waals surface area (Å²) in [5, 5.41) is 0. The van der Waals surface area contributed by atoms with Crippen molar-refractivity contribution in [3.63, 3.8) is 0 Å². The highest BCUT2D eigenvalue weighted by Crippen LogP contribution is 2.17. The van der Waals surface area contributed by atoms with Gasteiger partial charge in [-0.2, -0.15) is 4.98 Å². The van der Waals surface area contributed by atoms with Crippen LogP contribution in [0.4, 0.5) is 0 Å². The molecular formula is C22H31N4O2+. The molecule has 1 aromatic heterocycles.